The lowest BCUT2D eigenvalue weighted by Crippen LogP contribution is -2.23. The van der Waals surface area contributed by atoms with E-state index in [0.29, 0.717) is 5.41 Å². The van der Waals surface area contributed by atoms with Crippen LogP contribution in [0.4, 0.5) is 0 Å². The second-order valence-electron chi connectivity index (χ2n) is 4.14. The lowest BCUT2D eigenvalue weighted by Gasteiger charge is -2.20. The van der Waals surface area contributed by atoms with E-state index in [9.17, 15) is 0 Å². The topological polar surface area (TPSA) is 12.0 Å². The monoisotopic (exact) mass is 165 g/mol. The van der Waals surface area contributed by atoms with E-state index in [4.69, 9.17) is 0 Å². The van der Waals surface area contributed by atoms with Crippen LogP contribution in [-0.4, -0.2) is 13.1 Å². The fourth-order valence-electron chi connectivity index (χ4n) is 2.03. The zero-order chi connectivity index (χ0) is 9.03. The Bertz CT molecular complexity index is 199. The average Bonchev–Trinajstić information content (AvgIpc) is 2.45. The molecule has 0 amide bonds. The highest BCUT2D eigenvalue weighted by molar-refractivity contribution is 5.02. The summed E-state index contributed by atoms with van der Waals surface area (Å²) in [4.78, 5) is 0. The van der Waals surface area contributed by atoms with Gasteiger partial charge in [-0.3, -0.25) is 0 Å². The molecule has 0 heterocycles. The summed E-state index contributed by atoms with van der Waals surface area (Å²) in [5, 5.41) is 3.35. The van der Waals surface area contributed by atoms with Crippen LogP contribution in [0, 0.1) is 17.3 Å². The Labute approximate surface area is 75.9 Å². The summed E-state index contributed by atoms with van der Waals surface area (Å²) in [5.41, 5.74) is 0.483. The van der Waals surface area contributed by atoms with Crippen LogP contribution in [0.5, 0.6) is 0 Å². The van der Waals surface area contributed by atoms with Crippen molar-refractivity contribution >= 4 is 0 Å². The SMILES string of the molecule is CC#CCC1(C)CCC(NC)C1. The molecule has 0 saturated heterocycles. The normalized spacial score (nSPS) is 34.4. The highest BCUT2D eigenvalue weighted by atomic mass is 14.9. The Morgan fingerprint density at radius 3 is 2.83 bits per heavy atom. The van der Waals surface area contributed by atoms with E-state index in [-0.39, 0.29) is 0 Å². The molecule has 0 radical (unpaired) electrons. The van der Waals surface area contributed by atoms with Gasteiger partial charge in [0.15, 0.2) is 0 Å². The molecule has 12 heavy (non-hydrogen) atoms. The summed E-state index contributed by atoms with van der Waals surface area (Å²) in [5.74, 6) is 6.18. The third-order valence-electron chi connectivity index (χ3n) is 2.94. The second kappa shape index (κ2) is 3.96. The maximum atomic E-state index is 3.35. The lowest BCUT2D eigenvalue weighted by molar-refractivity contribution is 0.337. The average molecular weight is 165 g/mol. The number of nitrogens with one attached hydrogen (secondary N) is 1. The van der Waals surface area contributed by atoms with Crippen molar-refractivity contribution in [2.75, 3.05) is 7.05 Å². The minimum absolute atomic E-state index is 0.483. The van der Waals surface area contributed by atoms with Crippen molar-refractivity contribution in [1.82, 2.24) is 5.32 Å². The second-order valence-corrected chi connectivity index (χ2v) is 4.14. The third kappa shape index (κ3) is 2.25. The van der Waals surface area contributed by atoms with Crippen LogP contribution < -0.4 is 5.32 Å². The molecule has 0 aromatic rings. The number of hydrogen-bond donors (Lipinski definition) is 1. The maximum absolute atomic E-state index is 3.35. The summed E-state index contributed by atoms with van der Waals surface area (Å²) in [7, 11) is 2.06. The Morgan fingerprint density at radius 1 is 1.58 bits per heavy atom. The summed E-state index contributed by atoms with van der Waals surface area (Å²) in [6.45, 7) is 4.28. The minimum Gasteiger partial charge on any atom is -0.317 e. The molecule has 1 saturated carbocycles. The summed E-state index contributed by atoms with van der Waals surface area (Å²) in [6, 6.07) is 0.730. The van der Waals surface area contributed by atoms with E-state index < -0.39 is 0 Å². The van der Waals surface area contributed by atoms with Crippen molar-refractivity contribution in [1.29, 1.82) is 0 Å². The molecule has 0 aliphatic heterocycles. The van der Waals surface area contributed by atoms with Crippen molar-refractivity contribution in [2.45, 2.75) is 45.6 Å². The molecule has 2 atom stereocenters. The minimum atomic E-state index is 0.483. The molecule has 1 aliphatic rings. The van der Waals surface area contributed by atoms with Gasteiger partial charge in [-0.1, -0.05) is 6.92 Å². The van der Waals surface area contributed by atoms with Gasteiger partial charge in [0.2, 0.25) is 0 Å². The number of rotatable bonds is 2. The molecule has 1 N–H and O–H groups in total. The molecule has 0 bridgehead atoms. The molecule has 1 heteroatoms. The van der Waals surface area contributed by atoms with E-state index in [1.165, 1.54) is 19.3 Å². The first kappa shape index (κ1) is 9.61. The van der Waals surface area contributed by atoms with Gasteiger partial charge in [0, 0.05) is 12.5 Å². The fourth-order valence-corrected chi connectivity index (χ4v) is 2.03. The Morgan fingerprint density at radius 2 is 2.33 bits per heavy atom. The predicted molar refractivity (Wildman–Crippen MR) is 52.9 cm³/mol. The van der Waals surface area contributed by atoms with Gasteiger partial charge >= 0.3 is 0 Å². The molecule has 1 fully saturated rings. The molecule has 68 valence electrons. The Balaban J connectivity index is 2.44. The molecular weight excluding hydrogens is 146 g/mol. The van der Waals surface area contributed by atoms with E-state index in [1.807, 2.05) is 6.92 Å². The van der Waals surface area contributed by atoms with E-state index >= 15 is 0 Å². The van der Waals surface area contributed by atoms with Gasteiger partial charge in [0.25, 0.3) is 0 Å². The highest BCUT2D eigenvalue weighted by Crippen LogP contribution is 2.40. The molecule has 1 aliphatic carbocycles. The van der Waals surface area contributed by atoms with Crippen molar-refractivity contribution < 1.29 is 0 Å². The van der Waals surface area contributed by atoms with Crippen LogP contribution in [0.15, 0.2) is 0 Å². The number of hydrogen-bond acceptors (Lipinski definition) is 1. The predicted octanol–water partition coefficient (Wildman–Crippen LogP) is 2.18. The zero-order valence-corrected chi connectivity index (χ0v) is 8.41. The van der Waals surface area contributed by atoms with Gasteiger partial charge in [-0.05, 0) is 38.6 Å². The first-order chi connectivity index (χ1) is 5.70. The van der Waals surface area contributed by atoms with Crippen LogP contribution in [0.3, 0.4) is 0 Å². The molecule has 1 nitrogen and oxygen atoms in total. The summed E-state index contributed by atoms with van der Waals surface area (Å²) >= 11 is 0. The molecule has 0 aromatic carbocycles. The van der Waals surface area contributed by atoms with Crippen molar-refractivity contribution in [3.8, 4) is 11.8 Å². The molecule has 1 rings (SSSR count). The molecular formula is C11H19N. The van der Waals surface area contributed by atoms with Gasteiger partial charge in [-0.15, -0.1) is 11.8 Å². The first-order valence-electron chi connectivity index (χ1n) is 4.77. The van der Waals surface area contributed by atoms with Gasteiger partial charge in [-0.2, -0.15) is 0 Å². The van der Waals surface area contributed by atoms with E-state index in [2.05, 4.69) is 31.1 Å². The van der Waals surface area contributed by atoms with Gasteiger partial charge in [0.1, 0.15) is 0 Å². The zero-order valence-electron chi connectivity index (χ0n) is 8.41. The van der Waals surface area contributed by atoms with Crippen LogP contribution in [0.2, 0.25) is 0 Å². The molecule has 0 spiro atoms. The Hall–Kier alpha value is -0.480. The quantitative estimate of drug-likeness (QED) is 0.618. The van der Waals surface area contributed by atoms with Crippen molar-refractivity contribution in [3.05, 3.63) is 0 Å². The largest absolute Gasteiger partial charge is 0.317 e. The van der Waals surface area contributed by atoms with Crippen molar-refractivity contribution in [2.24, 2.45) is 5.41 Å². The third-order valence-corrected chi connectivity index (χ3v) is 2.94. The molecule has 2 unspecified atom stereocenters. The standard InChI is InChI=1S/C11H19N/c1-4-5-7-11(2)8-6-10(9-11)12-3/h10,12H,6-9H2,1-3H3. The summed E-state index contributed by atoms with van der Waals surface area (Å²) in [6.07, 6.45) is 5.01. The molecule has 0 aromatic heterocycles. The Kier molecular flexibility index (Phi) is 3.17. The summed E-state index contributed by atoms with van der Waals surface area (Å²) < 4.78 is 0. The van der Waals surface area contributed by atoms with Crippen molar-refractivity contribution in [3.63, 3.8) is 0 Å². The fraction of sp³-hybridized carbons (Fsp3) is 0.818. The van der Waals surface area contributed by atoms with Gasteiger partial charge in [0.05, 0.1) is 0 Å². The highest BCUT2D eigenvalue weighted by Gasteiger charge is 2.33. The van der Waals surface area contributed by atoms with Crippen LogP contribution in [0.1, 0.15) is 39.5 Å². The van der Waals surface area contributed by atoms with Gasteiger partial charge < -0.3 is 5.32 Å². The van der Waals surface area contributed by atoms with Crippen LogP contribution >= 0.6 is 0 Å². The lowest BCUT2D eigenvalue weighted by atomic mass is 9.85. The maximum Gasteiger partial charge on any atom is 0.0143 e. The van der Waals surface area contributed by atoms with E-state index in [0.717, 1.165) is 12.5 Å². The smallest absolute Gasteiger partial charge is 0.0143 e. The van der Waals surface area contributed by atoms with Crippen LogP contribution in [0.25, 0.3) is 0 Å². The van der Waals surface area contributed by atoms with Crippen LogP contribution in [-0.2, 0) is 0 Å². The van der Waals surface area contributed by atoms with E-state index in [1.54, 1.807) is 0 Å². The first-order valence-corrected chi connectivity index (χ1v) is 4.77. The van der Waals surface area contributed by atoms with Gasteiger partial charge in [-0.25, -0.2) is 0 Å².